The van der Waals surface area contributed by atoms with Crippen molar-refractivity contribution in [2.45, 2.75) is 38.6 Å². The van der Waals surface area contributed by atoms with E-state index in [2.05, 4.69) is 0 Å². The van der Waals surface area contributed by atoms with Crippen LogP contribution in [0.2, 0.25) is 0 Å². The highest BCUT2D eigenvalue weighted by molar-refractivity contribution is 5.87. The van der Waals surface area contributed by atoms with Gasteiger partial charge in [0.2, 0.25) is 5.91 Å². The number of aliphatic carboxylic acids is 1. The second-order valence-electron chi connectivity index (χ2n) is 3.58. The Kier molecular flexibility index (Phi) is 2.59. The van der Waals surface area contributed by atoms with Crippen molar-refractivity contribution in [3.63, 3.8) is 0 Å². The number of nitrogens with zero attached hydrogens (tertiary/aromatic N) is 1. The molecule has 1 N–H and O–H groups in total. The number of carboxylic acid groups (broad SMARTS) is 1. The van der Waals surface area contributed by atoms with Crippen molar-refractivity contribution in [1.82, 2.24) is 4.90 Å². The van der Waals surface area contributed by atoms with Gasteiger partial charge in [0.15, 0.2) is 0 Å². The fraction of sp³-hybridized carbons (Fsp3) is 0.778. The highest BCUT2D eigenvalue weighted by atomic mass is 16.4. The standard InChI is InChI=1S/C9H15NO3/c1-3-7(11)10-6-4-5-9(10,2)8(12)13/h3-6H2,1-2H3,(H,12,13)/t9-/m0/s1. The first-order chi connectivity index (χ1) is 6.02. The Morgan fingerprint density at radius 3 is 2.62 bits per heavy atom. The Hall–Kier alpha value is -1.06. The van der Waals surface area contributed by atoms with Crippen LogP contribution in [0.15, 0.2) is 0 Å². The van der Waals surface area contributed by atoms with E-state index >= 15 is 0 Å². The average Bonchev–Trinajstić information content (AvgIpc) is 2.47. The molecule has 1 rings (SSSR count). The van der Waals surface area contributed by atoms with Gasteiger partial charge in [0, 0.05) is 13.0 Å². The van der Waals surface area contributed by atoms with Crippen LogP contribution in [0.4, 0.5) is 0 Å². The highest BCUT2D eigenvalue weighted by Crippen LogP contribution is 2.29. The van der Waals surface area contributed by atoms with Gasteiger partial charge in [-0.15, -0.1) is 0 Å². The third-order valence-corrected chi connectivity index (χ3v) is 2.71. The van der Waals surface area contributed by atoms with E-state index in [0.717, 1.165) is 6.42 Å². The number of carbonyl (C=O) groups is 2. The van der Waals surface area contributed by atoms with Crippen LogP contribution < -0.4 is 0 Å². The molecule has 0 unspecified atom stereocenters. The molecule has 0 saturated carbocycles. The predicted molar refractivity (Wildman–Crippen MR) is 47.3 cm³/mol. The van der Waals surface area contributed by atoms with Crippen molar-refractivity contribution in [3.05, 3.63) is 0 Å². The van der Waals surface area contributed by atoms with Gasteiger partial charge in [-0.2, -0.15) is 0 Å². The molecular weight excluding hydrogens is 170 g/mol. The minimum Gasteiger partial charge on any atom is -0.480 e. The lowest BCUT2D eigenvalue weighted by Crippen LogP contribution is -2.50. The molecule has 0 aliphatic carbocycles. The maximum Gasteiger partial charge on any atom is 0.329 e. The van der Waals surface area contributed by atoms with E-state index < -0.39 is 11.5 Å². The normalized spacial score (nSPS) is 27.7. The summed E-state index contributed by atoms with van der Waals surface area (Å²) in [6, 6.07) is 0. The van der Waals surface area contributed by atoms with Gasteiger partial charge in [0.1, 0.15) is 5.54 Å². The van der Waals surface area contributed by atoms with E-state index in [0.29, 0.717) is 19.4 Å². The molecule has 0 bridgehead atoms. The minimum absolute atomic E-state index is 0.0672. The van der Waals surface area contributed by atoms with E-state index in [1.807, 2.05) is 0 Å². The van der Waals surface area contributed by atoms with Crippen LogP contribution in [0.25, 0.3) is 0 Å². The number of likely N-dealkylation sites (tertiary alicyclic amines) is 1. The second-order valence-corrected chi connectivity index (χ2v) is 3.58. The molecule has 0 aromatic rings. The average molecular weight is 185 g/mol. The van der Waals surface area contributed by atoms with E-state index in [1.54, 1.807) is 13.8 Å². The Morgan fingerprint density at radius 2 is 2.15 bits per heavy atom. The zero-order valence-corrected chi connectivity index (χ0v) is 8.04. The summed E-state index contributed by atoms with van der Waals surface area (Å²) < 4.78 is 0. The molecule has 0 aromatic carbocycles. The summed E-state index contributed by atoms with van der Waals surface area (Å²) in [6.45, 7) is 3.95. The smallest absolute Gasteiger partial charge is 0.329 e. The van der Waals surface area contributed by atoms with Crippen LogP contribution in [0.1, 0.15) is 33.1 Å². The number of hydrogen-bond acceptors (Lipinski definition) is 2. The first kappa shape index (κ1) is 10.0. The van der Waals surface area contributed by atoms with Gasteiger partial charge in [-0.1, -0.05) is 6.92 Å². The molecule has 1 fully saturated rings. The molecule has 1 aliphatic heterocycles. The molecule has 0 spiro atoms. The highest BCUT2D eigenvalue weighted by Gasteiger charge is 2.45. The van der Waals surface area contributed by atoms with Gasteiger partial charge in [-0.3, -0.25) is 4.79 Å². The second kappa shape index (κ2) is 3.36. The quantitative estimate of drug-likeness (QED) is 0.694. The largest absolute Gasteiger partial charge is 0.480 e. The molecule has 1 aliphatic rings. The van der Waals surface area contributed by atoms with Crippen molar-refractivity contribution >= 4 is 11.9 Å². The maximum atomic E-state index is 11.4. The Labute approximate surface area is 77.5 Å². The van der Waals surface area contributed by atoms with Gasteiger partial charge in [0.05, 0.1) is 0 Å². The lowest BCUT2D eigenvalue weighted by molar-refractivity contribution is -0.155. The number of carbonyl (C=O) groups excluding carboxylic acids is 1. The number of hydrogen-bond donors (Lipinski definition) is 1. The molecule has 0 radical (unpaired) electrons. The summed E-state index contributed by atoms with van der Waals surface area (Å²) >= 11 is 0. The fourth-order valence-electron chi connectivity index (χ4n) is 1.78. The molecule has 1 atom stereocenters. The molecule has 74 valence electrons. The lowest BCUT2D eigenvalue weighted by atomic mass is 9.99. The van der Waals surface area contributed by atoms with Crippen LogP contribution in [-0.4, -0.2) is 34.0 Å². The third kappa shape index (κ3) is 1.53. The van der Waals surface area contributed by atoms with Gasteiger partial charge >= 0.3 is 5.97 Å². The molecule has 4 nitrogen and oxygen atoms in total. The van der Waals surface area contributed by atoms with Crippen LogP contribution in [0, 0.1) is 0 Å². The Morgan fingerprint density at radius 1 is 1.54 bits per heavy atom. The summed E-state index contributed by atoms with van der Waals surface area (Å²) in [6.07, 6.45) is 1.73. The number of rotatable bonds is 2. The van der Waals surface area contributed by atoms with Crippen LogP contribution in [-0.2, 0) is 9.59 Å². The van der Waals surface area contributed by atoms with Gasteiger partial charge in [-0.05, 0) is 19.8 Å². The number of carboxylic acids is 1. The van der Waals surface area contributed by atoms with Crippen LogP contribution in [0.5, 0.6) is 0 Å². The lowest BCUT2D eigenvalue weighted by Gasteiger charge is -2.30. The Bertz CT molecular complexity index is 239. The zero-order valence-electron chi connectivity index (χ0n) is 8.04. The molecule has 4 heteroatoms. The maximum absolute atomic E-state index is 11.4. The topological polar surface area (TPSA) is 57.6 Å². The molecule has 0 aromatic heterocycles. The van der Waals surface area contributed by atoms with E-state index in [4.69, 9.17) is 5.11 Å². The zero-order chi connectivity index (χ0) is 10.1. The molecular formula is C9H15NO3. The predicted octanol–water partition coefficient (Wildman–Crippen LogP) is 0.862. The summed E-state index contributed by atoms with van der Waals surface area (Å²) in [7, 11) is 0. The van der Waals surface area contributed by atoms with E-state index in [-0.39, 0.29) is 5.91 Å². The van der Waals surface area contributed by atoms with Crippen molar-refractivity contribution in [2.24, 2.45) is 0 Å². The molecule has 1 amide bonds. The minimum atomic E-state index is -0.965. The summed E-state index contributed by atoms with van der Waals surface area (Å²) in [5.74, 6) is -0.964. The molecule has 1 heterocycles. The van der Waals surface area contributed by atoms with E-state index in [9.17, 15) is 9.59 Å². The van der Waals surface area contributed by atoms with Gasteiger partial charge in [0.25, 0.3) is 0 Å². The summed E-state index contributed by atoms with van der Waals surface area (Å²) in [4.78, 5) is 23.8. The molecule has 1 saturated heterocycles. The van der Waals surface area contributed by atoms with Crippen LogP contribution >= 0.6 is 0 Å². The van der Waals surface area contributed by atoms with Crippen LogP contribution in [0.3, 0.4) is 0 Å². The summed E-state index contributed by atoms with van der Waals surface area (Å²) in [5, 5.41) is 8.99. The first-order valence-corrected chi connectivity index (χ1v) is 4.56. The van der Waals surface area contributed by atoms with Gasteiger partial charge in [-0.25, -0.2) is 4.79 Å². The van der Waals surface area contributed by atoms with Gasteiger partial charge < -0.3 is 10.0 Å². The van der Waals surface area contributed by atoms with Crippen molar-refractivity contribution in [3.8, 4) is 0 Å². The monoisotopic (exact) mass is 185 g/mol. The number of amides is 1. The third-order valence-electron chi connectivity index (χ3n) is 2.71. The van der Waals surface area contributed by atoms with Crippen molar-refractivity contribution < 1.29 is 14.7 Å². The Balaban J connectivity index is 2.85. The SMILES string of the molecule is CCC(=O)N1CCC[C@@]1(C)C(=O)O. The van der Waals surface area contributed by atoms with Crippen molar-refractivity contribution in [1.29, 1.82) is 0 Å². The fourth-order valence-corrected chi connectivity index (χ4v) is 1.78. The van der Waals surface area contributed by atoms with E-state index in [1.165, 1.54) is 4.90 Å². The van der Waals surface area contributed by atoms with Crippen molar-refractivity contribution in [2.75, 3.05) is 6.54 Å². The summed E-state index contributed by atoms with van der Waals surface area (Å²) in [5.41, 5.74) is -0.965. The molecule has 13 heavy (non-hydrogen) atoms. The first-order valence-electron chi connectivity index (χ1n) is 4.56.